The van der Waals surface area contributed by atoms with Gasteiger partial charge in [0, 0.05) is 12.3 Å². The third-order valence-electron chi connectivity index (χ3n) is 4.81. The van der Waals surface area contributed by atoms with Crippen molar-refractivity contribution in [2.75, 3.05) is 18.6 Å². The van der Waals surface area contributed by atoms with E-state index in [9.17, 15) is 9.59 Å². The molecule has 2 amide bonds. The lowest BCUT2D eigenvalue weighted by Gasteiger charge is -2.46. The fourth-order valence-electron chi connectivity index (χ4n) is 3.11. The zero-order valence-electron chi connectivity index (χ0n) is 12.9. The number of thioether (sulfide) groups is 1. The molecule has 3 unspecified atom stereocenters. The maximum absolute atomic E-state index is 12.9. The number of piperazine rings is 1. The molecule has 1 saturated carbocycles. The van der Waals surface area contributed by atoms with E-state index >= 15 is 0 Å². The monoisotopic (exact) mass is 298 g/mol. The van der Waals surface area contributed by atoms with Gasteiger partial charge in [-0.15, -0.1) is 0 Å². The Labute approximate surface area is 126 Å². The van der Waals surface area contributed by atoms with Crippen molar-refractivity contribution >= 4 is 23.6 Å². The SMILES string of the molecule is CCC(C)C1C(=O)NC(C)(C2CC2)C(=O)N1CCSC. The molecular weight excluding hydrogens is 272 g/mol. The van der Waals surface area contributed by atoms with Crippen LogP contribution in [0, 0.1) is 11.8 Å². The highest BCUT2D eigenvalue weighted by Crippen LogP contribution is 2.42. The Bertz CT molecular complexity index is 397. The molecule has 0 radical (unpaired) electrons. The molecule has 0 aromatic heterocycles. The summed E-state index contributed by atoms with van der Waals surface area (Å²) in [5, 5.41) is 3.04. The first-order valence-corrected chi connectivity index (χ1v) is 8.97. The first-order chi connectivity index (χ1) is 9.45. The standard InChI is InChI=1S/C15H26N2O2S/c1-5-10(2)12-13(18)16-15(3,11-6-7-11)14(19)17(12)8-9-20-4/h10-12H,5-9H2,1-4H3,(H,16,18). The van der Waals surface area contributed by atoms with Crippen LogP contribution in [0.15, 0.2) is 0 Å². The summed E-state index contributed by atoms with van der Waals surface area (Å²) in [5.74, 6) is 1.57. The number of nitrogens with one attached hydrogen (secondary N) is 1. The van der Waals surface area contributed by atoms with Gasteiger partial charge in [0.2, 0.25) is 11.8 Å². The minimum absolute atomic E-state index is 0.0365. The van der Waals surface area contributed by atoms with E-state index in [0.717, 1.165) is 25.0 Å². The predicted molar refractivity (Wildman–Crippen MR) is 82.6 cm³/mol. The van der Waals surface area contributed by atoms with Crippen LogP contribution >= 0.6 is 11.8 Å². The molecule has 4 nitrogen and oxygen atoms in total. The van der Waals surface area contributed by atoms with Crippen molar-refractivity contribution in [1.82, 2.24) is 10.2 Å². The molecule has 2 aliphatic rings. The van der Waals surface area contributed by atoms with Gasteiger partial charge in [-0.2, -0.15) is 11.8 Å². The zero-order chi connectivity index (χ0) is 14.9. The number of hydrogen-bond acceptors (Lipinski definition) is 3. The maximum atomic E-state index is 12.9. The van der Waals surface area contributed by atoms with Gasteiger partial charge in [-0.25, -0.2) is 0 Å². The van der Waals surface area contributed by atoms with Crippen LogP contribution in [0.3, 0.4) is 0 Å². The van der Waals surface area contributed by atoms with Crippen molar-refractivity contribution in [1.29, 1.82) is 0 Å². The first kappa shape index (κ1) is 15.7. The average molecular weight is 298 g/mol. The number of amides is 2. The lowest BCUT2D eigenvalue weighted by molar-refractivity contribution is -0.157. The fourth-order valence-corrected chi connectivity index (χ4v) is 3.49. The van der Waals surface area contributed by atoms with Crippen LogP contribution in [-0.2, 0) is 9.59 Å². The molecule has 0 aromatic rings. The second kappa shape index (κ2) is 5.96. The van der Waals surface area contributed by atoms with Crippen molar-refractivity contribution in [3.8, 4) is 0 Å². The molecule has 0 aromatic carbocycles. The van der Waals surface area contributed by atoms with Gasteiger partial charge in [-0.05, 0) is 37.9 Å². The first-order valence-electron chi connectivity index (χ1n) is 7.57. The summed E-state index contributed by atoms with van der Waals surface area (Å²) in [6, 6.07) is -0.300. The molecule has 114 valence electrons. The van der Waals surface area contributed by atoms with Gasteiger partial charge in [0.05, 0.1) is 0 Å². The average Bonchev–Trinajstić information content (AvgIpc) is 3.25. The van der Waals surface area contributed by atoms with E-state index < -0.39 is 5.54 Å². The molecule has 2 fully saturated rings. The van der Waals surface area contributed by atoms with Gasteiger partial charge in [0.1, 0.15) is 11.6 Å². The smallest absolute Gasteiger partial charge is 0.249 e. The van der Waals surface area contributed by atoms with Crippen LogP contribution in [0.2, 0.25) is 0 Å². The van der Waals surface area contributed by atoms with Crippen molar-refractivity contribution in [3.05, 3.63) is 0 Å². The minimum Gasteiger partial charge on any atom is -0.340 e. The van der Waals surface area contributed by atoms with E-state index in [2.05, 4.69) is 19.2 Å². The highest BCUT2D eigenvalue weighted by Gasteiger charge is 2.55. The van der Waals surface area contributed by atoms with Crippen LogP contribution in [0.5, 0.6) is 0 Å². The third kappa shape index (κ3) is 2.69. The number of nitrogens with zero attached hydrogens (tertiary/aromatic N) is 1. The van der Waals surface area contributed by atoms with E-state index in [1.807, 2.05) is 18.1 Å². The summed E-state index contributed by atoms with van der Waals surface area (Å²) < 4.78 is 0. The molecule has 2 rings (SSSR count). The summed E-state index contributed by atoms with van der Waals surface area (Å²) in [6.45, 7) is 6.71. The lowest BCUT2D eigenvalue weighted by Crippen LogP contribution is -2.71. The number of hydrogen-bond donors (Lipinski definition) is 1. The van der Waals surface area contributed by atoms with E-state index in [0.29, 0.717) is 12.5 Å². The van der Waals surface area contributed by atoms with Crippen LogP contribution in [0.25, 0.3) is 0 Å². The third-order valence-corrected chi connectivity index (χ3v) is 5.40. The molecule has 1 aliphatic carbocycles. The van der Waals surface area contributed by atoms with Crippen molar-refractivity contribution in [3.63, 3.8) is 0 Å². The van der Waals surface area contributed by atoms with Crippen molar-refractivity contribution in [2.24, 2.45) is 11.8 Å². The Kier molecular flexibility index (Phi) is 4.67. The molecule has 1 N–H and O–H groups in total. The number of rotatable bonds is 6. The molecule has 1 aliphatic heterocycles. The molecule has 1 heterocycles. The molecule has 0 spiro atoms. The summed E-state index contributed by atoms with van der Waals surface area (Å²) in [4.78, 5) is 27.3. The largest absolute Gasteiger partial charge is 0.340 e. The predicted octanol–water partition coefficient (Wildman–Crippen LogP) is 1.89. The zero-order valence-corrected chi connectivity index (χ0v) is 13.8. The molecule has 1 saturated heterocycles. The van der Waals surface area contributed by atoms with Crippen LogP contribution in [-0.4, -0.2) is 46.8 Å². The summed E-state index contributed by atoms with van der Waals surface area (Å²) in [6.07, 6.45) is 5.04. The van der Waals surface area contributed by atoms with Crippen LogP contribution in [0.1, 0.15) is 40.0 Å². The summed E-state index contributed by atoms with van der Waals surface area (Å²) >= 11 is 1.72. The van der Waals surface area contributed by atoms with Crippen molar-refractivity contribution in [2.45, 2.75) is 51.6 Å². The Balaban J connectivity index is 2.25. The molecular formula is C15H26N2O2S. The Morgan fingerprint density at radius 2 is 2.10 bits per heavy atom. The Morgan fingerprint density at radius 1 is 1.45 bits per heavy atom. The van der Waals surface area contributed by atoms with Gasteiger partial charge in [-0.1, -0.05) is 20.3 Å². The van der Waals surface area contributed by atoms with Crippen molar-refractivity contribution < 1.29 is 9.59 Å². The maximum Gasteiger partial charge on any atom is 0.249 e. The fraction of sp³-hybridized carbons (Fsp3) is 0.867. The summed E-state index contributed by atoms with van der Waals surface area (Å²) in [5.41, 5.74) is -0.667. The quantitative estimate of drug-likeness (QED) is 0.814. The minimum atomic E-state index is -0.667. The van der Waals surface area contributed by atoms with Gasteiger partial charge in [0.15, 0.2) is 0 Å². The molecule has 3 atom stereocenters. The van der Waals surface area contributed by atoms with Gasteiger partial charge in [-0.3, -0.25) is 9.59 Å². The highest BCUT2D eigenvalue weighted by atomic mass is 32.2. The Hall–Kier alpha value is -0.710. The van der Waals surface area contributed by atoms with Gasteiger partial charge < -0.3 is 10.2 Å². The Morgan fingerprint density at radius 3 is 2.60 bits per heavy atom. The highest BCUT2D eigenvalue weighted by molar-refractivity contribution is 7.98. The second-order valence-corrected chi connectivity index (χ2v) is 7.27. The molecule has 20 heavy (non-hydrogen) atoms. The molecule has 0 bridgehead atoms. The van der Waals surface area contributed by atoms with E-state index in [1.54, 1.807) is 11.8 Å². The normalized spacial score (nSPS) is 32.2. The van der Waals surface area contributed by atoms with E-state index in [4.69, 9.17) is 0 Å². The molecule has 5 heteroatoms. The summed E-state index contributed by atoms with van der Waals surface area (Å²) in [7, 11) is 0. The number of carbonyl (C=O) groups is 2. The van der Waals surface area contributed by atoms with Crippen LogP contribution < -0.4 is 5.32 Å². The second-order valence-electron chi connectivity index (χ2n) is 6.29. The lowest BCUT2D eigenvalue weighted by atomic mass is 9.85. The number of carbonyl (C=O) groups excluding carboxylic acids is 2. The van der Waals surface area contributed by atoms with E-state index in [1.165, 1.54) is 0 Å². The van der Waals surface area contributed by atoms with Gasteiger partial charge >= 0.3 is 0 Å². The van der Waals surface area contributed by atoms with E-state index in [-0.39, 0.29) is 23.8 Å². The topological polar surface area (TPSA) is 49.4 Å². The van der Waals surface area contributed by atoms with Crippen LogP contribution in [0.4, 0.5) is 0 Å². The van der Waals surface area contributed by atoms with Gasteiger partial charge in [0.25, 0.3) is 0 Å².